The van der Waals surface area contributed by atoms with Gasteiger partial charge in [-0.15, -0.1) is 0 Å². The number of ether oxygens (including phenoxy) is 2. The van der Waals surface area contributed by atoms with Gasteiger partial charge in [-0.25, -0.2) is 0 Å². The van der Waals surface area contributed by atoms with Crippen LogP contribution in [0.4, 0.5) is 0 Å². The molecular formula is C15H18O3. The van der Waals surface area contributed by atoms with Gasteiger partial charge in [0.15, 0.2) is 0 Å². The van der Waals surface area contributed by atoms with E-state index in [4.69, 9.17) is 9.47 Å². The maximum atomic E-state index is 12.6. The molecule has 2 spiro atoms. The highest BCUT2D eigenvalue weighted by molar-refractivity contribution is 5.84. The van der Waals surface area contributed by atoms with Gasteiger partial charge in [0.25, 0.3) is 0 Å². The lowest BCUT2D eigenvalue weighted by molar-refractivity contribution is -0.211. The molecule has 0 unspecified atom stereocenters. The van der Waals surface area contributed by atoms with Gasteiger partial charge >= 0.3 is 5.97 Å². The Hall–Kier alpha value is -0.830. The molecule has 3 nitrogen and oxygen atoms in total. The molecule has 0 N–H and O–H groups in total. The molecular weight excluding hydrogens is 228 g/mol. The summed E-state index contributed by atoms with van der Waals surface area (Å²) in [7, 11) is 0. The largest absolute Gasteiger partial charge is 0.462 e. The van der Waals surface area contributed by atoms with Gasteiger partial charge in [0, 0.05) is 11.3 Å². The molecule has 0 radical (unpaired) electrons. The second-order valence-electron chi connectivity index (χ2n) is 7.26. The predicted octanol–water partition coefficient (Wildman–Crippen LogP) is 2.06. The van der Waals surface area contributed by atoms with E-state index in [9.17, 15) is 4.79 Å². The third kappa shape index (κ3) is 0.696. The van der Waals surface area contributed by atoms with E-state index in [0.29, 0.717) is 11.8 Å². The Morgan fingerprint density at radius 2 is 2.17 bits per heavy atom. The van der Waals surface area contributed by atoms with Crippen LogP contribution in [0, 0.1) is 22.7 Å². The fraction of sp³-hybridized carbons (Fsp3) is 0.800. The Balaban J connectivity index is 1.87. The van der Waals surface area contributed by atoms with Crippen LogP contribution in [0.25, 0.3) is 0 Å². The lowest BCUT2D eigenvalue weighted by atomic mass is 9.46. The first-order chi connectivity index (χ1) is 8.52. The third-order valence-corrected chi connectivity index (χ3v) is 6.63. The third-order valence-electron chi connectivity index (χ3n) is 6.63. The van der Waals surface area contributed by atoms with Crippen LogP contribution in [0.15, 0.2) is 12.2 Å². The van der Waals surface area contributed by atoms with Gasteiger partial charge in [0.05, 0.1) is 17.1 Å². The maximum absolute atomic E-state index is 12.6. The fourth-order valence-electron chi connectivity index (χ4n) is 6.13. The number of carbonyl (C=O) groups is 1. The summed E-state index contributed by atoms with van der Waals surface area (Å²) in [5.41, 5.74) is -0.576. The van der Waals surface area contributed by atoms with E-state index in [1.165, 1.54) is 0 Å². The van der Waals surface area contributed by atoms with E-state index in [0.717, 1.165) is 19.3 Å². The molecule has 18 heavy (non-hydrogen) atoms. The van der Waals surface area contributed by atoms with Crippen molar-refractivity contribution in [2.24, 2.45) is 22.7 Å². The molecule has 6 aliphatic rings. The molecule has 6 rings (SSSR count). The predicted molar refractivity (Wildman–Crippen MR) is 63.7 cm³/mol. The van der Waals surface area contributed by atoms with Crippen molar-refractivity contribution in [3.63, 3.8) is 0 Å². The van der Waals surface area contributed by atoms with Crippen LogP contribution in [0.5, 0.6) is 0 Å². The molecule has 3 heterocycles. The molecule has 2 saturated carbocycles. The second kappa shape index (κ2) is 2.43. The first kappa shape index (κ1) is 10.0. The van der Waals surface area contributed by atoms with Gasteiger partial charge in [-0.05, 0) is 32.1 Å². The molecule has 0 aromatic rings. The van der Waals surface area contributed by atoms with Crippen molar-refractivity contribution in [1.82, 2.24) is 0 Å². The molecule has 0 amide bonds. The average molecular weight is 246 g/mol. The summed E-state index contributed by atoms with van der Waals surface area (Å²) in [6.07, 6.45) is 7.79. The van der Waals surface area contributed by atoms with Crippen molar-refractivity contribution in [3.8, 4) is 0 Å². The van der Waals surface area contributed by atoms with E-state index in [1.807, 2.05) is 0 Å². The summed E-state index contributed by atoms with van der Waals surface area (Å²) < 4.78 is 12.1. The number of esters is 1. The highest BCUT2D eigenvalue weighted by Gasteiger charge is 2.82. The molecule has 3 heteroatoms. The Labute approximate surface area is 107 Å². The van der Waals surface area contributed by atoms with Gasteiger partial charge in [0.2, 0.25) is 0 Å². The Kier molecular flexibility index (Phi) is 1.35. The topological polar surface area (TPSA) is 35.5 Å². The molecule has 6 bridgehead atoms. The van der Waals surface area contributed by atoms with Crippen molar-refractivity contribution in [2.75, 3.05) is 0 Å². The van der Waals surface area contributed by atoms with Crippen LogP contribution in [0.1, 0.15) is 33.1 Å². The molecule has 3 aliphatic carbocycles. The summed E-state index contributed by atoms with van der Waals surface area (Å²) in [5, 5.41) is 0. The van der Waals surface area contributed by atoms with Gasteiger partial charge < -0.3 is 9.47 Å². The van der Waals surface area contributed by atoms with E-state index >= 15 is 0 Å². The smallest absolute Gasteiger partial charge is 0.313 e. The average Bonchev–Trinajstić information content (AvgIpc) is 2.56. The Morgan fingerprint density at radius 3 is 3.00 bits per heavy atom. The van der Waals surface area contributed by atoms with Gasteiger partial charge in [-0.1, -0.05) is 19.1 Å². The number of rotatable bonds is 0. The van der Waals surface area contributed by atoms with E-state index in [2.05, 4.69) is 26.0 Å². The minimum atomic E-state index is -0.262. The van der Waals surface area contributed by atoms with Crippen molar-refractivity contribution in [1.29, 1.82) is 0 Å². The minimum absolute atomic E-state index is 0.0699. The Morgan fingerprint density at radius 1 is 1.33 bits per heavy atom. The zero-order chi connectivity index (χ0) is 12.3. The van der Waals surface area contributed by atoms with Crippen LogP contribution in [-0.4, -0.2) is 23.8 Å². The summed E-state index contributed by atoms with van der Waals surface area (Å²) in [4.78, 5) is 12.6. The van der Waals surface area contributed by atoms with Crippen molar-refractivity contribution < 1.29 is 14.3 Å². The quantitative estimate of drug-likeness (QED) is 0.485. The second-order valence-corrected chi connectivity index (χ2v) is 7.26. The van der Waals surface area contributed by atoms with Crippen LogP contribution in [0.2, 0.25) is 0 Å². The van der Waals surface area contributed by atoms with Gasteiger partial charge in [0.1, 0.15) is 6.10 Å². The van der Waals surface area contributed by atoms with Crippen LogP contribution in [-0.2, 0) is 14.3 Å². The monoisotopic (exact) mass is 246 g/mol. The van der Waals surface area contributed by atoms with E-state index in [-0.39, 0.29) is 34.6 Å². The summed E-state index contributed by atoms with van der Waals surface area (Å²) >= 11 is 0. The molecule has 4 fully saturated rings. The van der Waals surface area contributed by atoms with Crippen LogP contribution in [0.3, 0.4) is 0 Å². The molecule has 2 saturated heterocycles. The van der Waals surface area contributed by atoms with Gasteiger partial charge in [-0.2, -0.15) is 0 Å². The minimum Gasteiger partial charge on any atom is -0.462 e. The van der Waals surface area contributed by atoms with Crippen LogP contribution < -0.4 is 0 Å². The van der Waals surface area contributed by atoms with Crippen LogP contribution >= 0.6 is 0 Å². The number of hydrogen-bond acceptors (Lipinski definition) is 3. The lowest BCUT2D eigenvalue weighted by Crippen LogP contribution is -2.64. The standard InChI is InChI=1S/C15H18O3/c1-8-5-10-9-6-11-14(8)4-3-13(2,18-11)7-15(9,14)12(16)17-10/h3-4,8-11H,5-7H2,1-2H3/t8-,9-,10+,11+,13+,14-,15-/m0/s1. The Bertz CT molecular complexity index is 512. The highest BCUT2D eigenvalue weighted by atomic mass is 16.6. The zero-order valence-electron chi connectivity index (χ0n) is 10.8. The zero-order valence-corrected chi connectivity index (χ0v) is 10.8. The molecule has 3 aliphatic heterocycles. The molecule has 0 aromatic carbocycles. The summed E-state index contributed by atoms with van der Waals surface area (Å²) in [6.45, 7) is 4.40. The summed E-state index contributed by atoms with van der Waals surface area (Å²) in [6, 6.07) is 0. The molecule has 96 valence electrons. The van der Waals surface area contributed by atoms with Crippen molar-refractivity contribution >= 4 is 5.97 Å². The van der Waals surface area contributed by atoms with E-state index in [1.54, 1.807) is 0 Å². The van der Waals surface area contributed by atoms with E-state index < -0.39 is 0 Å². The summed E-state index contributed by atoms with van der Waals surface area (Å²) in [5.74, 6) is 0.958. The van der Waals surface area contributed by atoms with Gasteiger partial charge in [-0.3, -0.25) is 4.79 Å². The van der Waals surface area contributed by atoms with Crippen molar-refractivity contribution in [2.45, 2.75) is 50.9 Å². The normalized spacial score (nSPS) is 66.4. The first-order valence-corrected chi connectivity index (χ1v) is 7.11. The number of carbonyl (C=O) groups excluding carboxylic acids is 1. The highest BCUT2D eigenvalue weighted by Crippen LogP contribution is 2.77. The maximum Gasteiger partial charge on any atom is 0.313 e. The number of hydrogen-bond donors (Lipinski definition) is 0. The SMILES string of the molecule is C[C@H]1C[C@H]2OC(=O)[C@@]34C[C@@]5(C)C=C[C@@]13[C@@H](C[C@@H]24)O5. The fourth-order valence-corrected chi connectivity index (χ4v) is 6.13. The van der Waals surface area contributed by atoms with Crippen molar-refractivity contribution in [3.05, 3.63) is 12.2 Å². The molecule has 7 atom stereocenters. The molecule has 0 aromatic heterocycles. The first-order valence-electron chi connectivity index (χ1n) is 7.11. The lowest BCUT2D eigenvalue weighted by Gasteiger charge is -2.60.